The average Bonchev–Trinajstić information content (AvgIpc) is 2.36. The minimum absolute atomic E-state index is 0.152. The lowest BCUT2D eigenvalue weighted by molar-refractivity contribution is -0.123. The number of likely N-dealkylation sites (tertiary alicyclic amines) is 1. The number of rotatable bonds is 6. The molecule has 1 saturated heterocycles. The maximum atomic E-state index is 11.9. The standard InChI is InChI=1S/C13H27N3O/c1-3-11(4-2)15-13(17)10-16-8-6-5-7-12(16)9-14/h11-12H,3-10,14H2,1-2H3,(H,15,17). The summed E-state index contributed by atoms with van der Waals surface area (Å²) in [6.45, 7) is 6.41. The van der Waals surface area contributed by atoms with Crippen LogP contribution in [0.4, 0.5) is 0 Å². The average molecular weight is 241 g/mol. The molecule has 1 aliphatic heterocycles. The van der Waals surface area contributed by atoms with E-state index in [1.165, 1.54) is 12.8 Å². The molecule has 1 aliphatic rings. The van der Waals surface area contributed by atoms with Crippen molar-refractivity contribution in [1.29, 1.82) is 0 Å². The van der Waals surface area contributed by atoms with Crippen LogP contribution in [0.1, 0.15) is 46.0 Å². The molecule has 4 nitrogen and oxygen atoms in total. The highest BCUT2D eigenvalue weighted by atomic mass is 16.2. The van der Waals surface area contributed by atoms with Gasteiger partial charge in [0.25, 0.3) is 0 Å². The number of carbonyl (C=O) groups is 1. The summed E-state index contributed by atoms with van der Waals surface area (Å²) < 4.78 is 0. The molecular weight excluding hydrogens is 214 g/mol. The van der Waals surface area contributed by atoms with E-state index in [-0.39, 0.29) is 5.91 Å². The Kier molecular flexibility index (Phi) is 6.52. The topological polar surface area (TPSA) is 58.4 Å². The van der Waals surface area contributed by atoms with Crippen LogP contribution in [-0.4, -0.2) is 42.5 Å². The van der Waals surface area contributed by atoms with E-state index in [4.69, 9.17) is 5.73 Å². The summed E-state index contributed by atoms with van der Waals surface area (Å²) in [5, 5.41) is 3.09. The van der Waals surface area contributed by atoms with E-state index in [2.05, 4.69) is 24.1 Å². The van der Waals surface area contributed by atoms with Gasteiger partial charge in [0.05, 0.1) is 6.54 Å². The Balaban J connectivity index is 2.38. The molecule has 4 heteroatoms. The second-order valence-electron chi connectivity index (χ2n) is 4.94. The lowest BCUT2D eigenvalue weighted by atomic mass is 10.0. The van der Waals surface area contributed by atoms with Gasteiger partial charge in [0, 0.05) is 18.6 Å². The number of nitrogens with two attached hydrogens (primary N) is 1. The van der Waals surface area contributed by atoms with Gasteiger partial charge in [0.2, 0.25) is 5.91 Å². The van der Waals surface area contributed by atoms with Crippen LogP contribution in [-0.2, 0) is 4.79 Å². The van der Waals surface area contributed by atoms with Crippen molar-refractivity contribution in [2.24, 2.45) is 5.73 Å². The molecule has 0 aromatic heterocycles. The fraction of sp³-hybridized carbons (Fsp3) is 0.923. The maximum Gasteiger partial charge on any atom is 0.234 e. The normalized spacial score (nSPS) is 21.8. The second-order valence-corrected chi connectivity index (χ2v) is 4.94. The lowest BCUT2D eigenvalue weighted by Gasteiger charge is -2.34. The van der Waals surface area contributed by atoms with E-state index in [0.717, 1.165) is 25.8 Å². The van der Waals surface area contributed by atoms with Crippen molar-refractivity contribution >= 4 is 5.91 Å². The monoisotopic (exact) mass is 241 g/mol. The van der Waals surface area contributed by atoms with Crippen molar-refractivity contribution in [2.75, 3.05) is 19.6 Å². The molecular formula is C13H27N3O. The number of hydrogen-bond acceptors (Lipinski definition) is 3. The minimum atomic E-state index is 0.152. The van der Waals surface area contributed by atoms with E-state index < -0.39 is 0 Å². The first-order valence-corrected chi connectivity index (χ1v) is 6.94. The number of nitrogens with zero attached hydrogens (tertiary/aromatic N) is 1. The summed E-state index contributed by atoms with van der Waals surface area (Å²) in [6, 6.07) is 0.722. The predicted molar refractivity (Wildman–Crippen MR) is 70.8 cm³/mol. The van der Waals surface area contributed by atoms with Gasteiger partial charge in [-0.15, -0.1) is 0 Å². The van der Waals surface area contributed by atoms with Crippen LogP contribution < -0.4 is 11.1 Å². The quantitative estimate of drug-likeness (QED) is 0.732. The molecule has 0 saturated carbocycles. The van der Waals surface area contributed by atoms with E-state index in [1.807, 2.05) is 0 Å². The second kappa shape index (κ2) is 7.67. The molecule has 0 aliphatic carbocycles. The Morgan fingerprint density at radius 2 is 2.12 bits per heavy atom. The van der Waals surface area contributed by atoms with Gasteiger partial charge in [-0.1, -0.05) is 20.3 Å². The first-order valence-electron chi connectivity index (χ1n) is 6.94. The van der Waals surface area contributed by atoms with Crippen molar-refractivity contribution in [3.05, 3.63) is 0 Å². The Labute approximate surface area is 105 Å². The summed E-state index contributed by atoms with van der Waals surface area (Å²) in [7, 11) is 0. The lowest BCUT2D eigenvalue weighted by Crippen LogP contribution is -2.49. The number of carbonyl (C=O) groups excluding carboxylic acids is 1. The fourth-order valence-corrected chi connectivity index (χ4v) is 2.49. The van der Waals surface area contributed by atoms with Gasteiger partial charge < -0.3 is 11.1 Å². The zero-order chi connectivity index (χ0) is 12.7. The molecule has 3 N–H and O–H groups in total. The molecule has 1 heterocycles. The van der Waals surface area contributed by atoms with Crippen molar-refractivity contribution in [2.45, 2.75) is 58.0 Å². The largest absolute Gasteiger partial charge is 0.352 e. The van der Waals surface area contributed by atoms with E-state index in [9.17, 15) is 4.79 Å². The Morgan fingerprint density at radius 3 is 2.71 bits per heavy atom. The molecule has 0 bridgehead atoms. The Morgan fingerprint density at radius 1 is 1.41 bits per heavy atom. The number of amides is 1. The SMILES string of the molecule is CCC(CC)NC(=O)CN1CCCCC1CN. The van der Waals surface area contributed by atoms with Crippen LogP contribution in [0.5, 0.6) is 0 Å². The number of hydrogen-bond donors (Lipinski definition) is 2. The van der Waals surface area contributed by atoms with E-state index in [0.29, 0.717) is 25.2 Å². The fourth-order valence-electron chi connectivity index (χ4n) is 2.49. The molecule has 1 unspecified atom stereocenters. The molecule has 1 rings (SSSR count). The molecule has 17 heavy (non-hydrogen) atoms. The first kappa shape index (κ1) is 14.5. The molecule has 0 spiro atoms. The van der Waals surface area contributed by atoms with Crippen LogP contribution in [0.25, 0.3) is 0 Å². The molecule has 1 amide bonds. The Hall–Kier alpha value is -0.610. The van der Waals surface area contributed by atoms with Gasteiger partial charge in [0.1, 0.15) is 0 Å². The van der Waals surface area contributed by atoms with Crippen molar-refractivity contribution in [1.82, 2.24) is 10.2 Å². The van der Waals surface area contributed by atoms with Gasteiger partial charge in [-0.25, -0.2) is 0 Å². The third kappa shape index (κ3) is 4.64. The summed E-state index contributed by atoms with van der Waals surface area (Å²) in [6.07, 6.45) is 5.57. The molecule has 0 aromatic carbocycles. The van der Waals surface area contributed by atoms with Crippen molar-refractivity contribution < 1.29 is 4.79 Å². The summed E-state index contributed by atoms with van der Waals surface area (Å²) in [5.41, 5.74) is 5.75. The van der Waals surface area contributed by atoms with Crippen LogP contribution >= 0.6 is 0 Å². The summed E-state index contributed by atoms with van der Waals surface area (Å²) in [4.78, 5) is 14.1. The number of piperidine rings is 1. The summed E-state index contributed by atoms with van der Waals surface area (Å²) in [5.74, 6) is 0.152. The highest BCUT2D eigenvalue weighted by Gasteiger charge is 2.23. The zero-order valence-corrected chi connectivity index (χ0v) is 11.2. The summed E-state index contributed by atoms with van der Waals surface area (Å²) >= 11 is 0. The Bertz CT molecular complexity index is 229. The van der Waals surface area contributed by atoms with Gasteiger partial charge in [-0.2, -0.15) is 0 Å². The maximum absolute atomic E-state index is 11.9. The number of nitrogens with one attached hydrogen (secondary N) is 1. The molecule has 0 aromatic rings. The van der Waals surface area contributed by atoms with E-state index >= 15 is 0 Å². The minimum Gasteiger partial charge on any atom is -0.352 e. The zero-order valence-electron chi connectivity index (χ0n) is 11.2. The molecule has 100 valence electrons. The molecule has 1 atom stereocenters. The third-order valence-corrected chi connectivity index (χ3v) is 3.72. The molecule has 0 radical (unpaired) electrons. The van der Waals surface area contributed by atoms with Crippen LogP contribution in [0, 0.1) is 0 Å². The van der Waals surface area contributed by atoms with Gasteiger partial charge in [-0.3, -0.25) is 9.69 Å². The van der Waals surface area contributed by atoms with Gasteiger partial charge >= 0.3 is 0 Å². The predicted octanol–water partition coefficient (Wildman–Crippen LogP) is 1.10. The van der Waals surface area contributed by atoms with Gasteiger partial charge in [-0.05, 0) is 32.2 Å². The van der Waals surface area contributed by atoms with Crippen LogP contribution in [0.15, 0.2) is 0 Å². The first-order chi connectivity index (χ1) is 8.21. The van der Waals surface area contributed by atoms with Crippen molar-refractivity contribution in [3.63, 3.8) is 0 Å². The van der Waals surface area contributed by atoms with Crippen molar-refractivity contribution in [3.8, 4) is 0 Å². The highest BCUT2D eigenvalue weighted by molar-refractivity contribution is 5.78. The molecule has 1 fully saturated rings. The van der Waals surface area contributed by atoms with Gasteiger partial charge in [0.15, 0.2) is 0 Å². The van der Waals surface area contributed by atoms with E-state index in [1.54, 1.807) is 0 Å². The van der Waals surface area contributed by atoms with Crippen LogP contribution in [0.3, 0.4) is 0 Å². The third-order valence-electron chi connectivity index (χ3n) is 3.72. The highest BCUT2D eigenvalue weighted by Crippen LogP contribution is 2.15. The van der Waals surface area contributed by atoms with Crippen LogP contribution in [0.2, 0.25) is 0 Å². The smallest absolute Gasteiger partial charge is 0.234 e.